The molecule has 0 saturated heterocycles. The van der Waals surface area contributed by atoms with Crippen LogP contribution < -0.4 is 16.0 Å². The number of carbonyl (C=O) groups is 4. The first kappa shape index (κ1) is 38.6. The number of thioether (sulfide) groups is 1. The highest BCUT2D eigenvalue weighted by Crippen LogP contribution is 2.38. The van der Waals surface area contributed by atoms with E-state index in [1.807, 2.05) is 18.2 Å². The quantitative estimate of drug-likeness (QED) is 0.0361. The summed E-state index contributed by atoms with van der Waals surface area (Å²) in [6, 6.07) is 31.1. The van der Waals surface area contributed by atoms with Gasteiger partial charge in [0.1, 0.15) is 10.7 Å². The highest BCUT2D eigenvalue weighted by atomic mass is 32.2. The van der Waals surface area contributed by atoms with E-state index >= 15 is 0 Å². The molecule has 1 unspecified atom stereocenters. The normalized spacial score (nSPS) is 13.2. The first-order valence-corrected chi connectivity index (χ1v) is 19.0. The fourth-order valence-electron chi connectivity index (χ4n) is 5.96. The summed E-state index contributed by atoms with van der Waals surface area (Å²) >= 11 is 2.66. The topological polar surface area (TPSA) is 160 Å². The second-order valence-corrected chi connectivity index (χ2v) is 15.1. The van der Waals surface area contributed by atoms with Crippen LogP contribution in [0.4, 0.5) is 16.4 Å². The maximum Gasteiger partial charge on any atom is 0.341 e. The van der Waals surface area contributed by atoms with Crippen LogP contribution in [-0.4, -0.2) is 52.4 Å². The Morgan fingerprint density at radius 1 is 0.945 bits per heavy atom. The predicted molar refractivity (Wildman–Crippen MR) is 214 cm³/mol. The molecule has 1 aliphatic heterocycles. The fourth-order valence-corrected chi connectivity index (χ4v) is 8.16. The van der Waals surface area contributed by atoms with Crippen molar-refractivity contribution >= 4 is 69.2 Å². The molecule has 55 heavy (non-hydrogen) atoms. The first-order chi connectivity index (χ1) is 26.6. The van der Waals surface area contributed by atoms with E-state index in [1.54, 1.807) is 61.5 Å². The zero-order chi connectivity index (χ0) is 38.9. The number of nitro benzene ring substituents is 1. The van der Waals surface area contributed by atoms with Gasteiger partial charge in [0, 0.05) is 52.8 Å². The number of hydrogen-bond donors (Lipinski definition) is 3. The van der Waals surface area contributed by atoms with Crippen LogP contribution in [0.15, 0.2) is 120 Å². The Hall–Kier alpha value is -6.09. The molecule has 3 amide bonds. The van der Waals surface area contributed by atoms with Crippen LogP contribution in [0.25, 0.3) is 6.08 Å². The van der Waals surface area contributed by atoms with Gasteiger partial charge >= 0.3 is 5.97 Å². The molecule has 1 aromatic heterocycles. The van der Waals surface area contributed by atoms with Crippen molar-refractivity contribution in [3.63, 3.8) is 0 Å². The van der Waals surface area contributed by atoms with Gasteiger partial charge in [-0.05, 0) is 78.6 Å². The van der Waals surface area contributed by atoms with Gasteiger partial charge in [0.2, 0.25) is 5.91 Å². The van der Waals surface area contributed by atoms with Crippen LogP contribution in [0.3, 0.4) is 0 Å². The highest BCUT2D eigenvalue weighted by Gasteiger charge is 2.30. The molecule has 12 nitrogen and oxygen atoms in total. The molecular formula is C41H37N5O7S2. The highest BCUT2D eigenvalue weighted by molar-refractivity contribution is 8.00. The van der Waals surface area contributed by atoms with Crippen molar-refractivity contribution in [3.8, 4) is 0 Å². The molecule has 1 atom stereocenters. The molecule has 280 valence electrons. The lowest BCUT2D eigenvalue weighted by molar-refractivity contribution is -0.384. The van der Waals surface area contributed by atoms with E-state index in [0.717, 1.165) is 23.5 Å². The number of methoxy groups -OCH3 is 1. The number of rotatable bonds is 13. The van der Waals surface area contributed by atoms with Crippen LogP contribution in [0.2, 0.25) is 0 Å². The number of nitrogens with zero attached hydrogens (tertiary/aromatic N) is 2. The third-order valence-electron chi connectivity index (χ3n) is 8.73. The molecule has 2 heterocycles. The van der Waals surface area contributed by atoms with Crippen molar-refractivity contribution in [2.24, 2.45) is 0 Å². The number of nitro groups is 1. The van der Waals surface area contributed by atoms with E-state index in [2.05, 4.69) is 33.0 Å². The molecule has 0 fully saturated rings. The number of hydrogen-bond acceptors (Lipinski definition) is 10. The van der Waals surface area contributed by atoms with Gasteiger partial charge in [-0.2, -0.15) is 0 Å². The van der Waals surface area contributed by atoms with Crippen LogP contribution in [0.5, 0.6) is 0 Å². The Labute approximate surface area is 325 Å². The molecule has 1 aliphatic rings. The minimum atomic E-state index is -0.630. The smallest absolute Gasteiger partial charge is 0.341 e. The first-order valence-electron chi connectivity index (χ1n) is 17.3. The molecule has 0 saturated carbocycles. The molecule has 4 aromatic carbocycles. The number of nitrogens with one attached hydrogen (secondary N) is 3. The zero-order valence-electron chi connectivity index (χ0n) is 29.9. The predicted octanol–water partition coefficient (Wildman–Crippen LogP) is 7.53. The van der Waals surface area contributed by atoms with Gasteiger partial charge in [-0.25, -0.2) is 4.79 Å². The van der Waals surface area contributed by atoms with E-state index < -0.39 is 28.0 Å². The molecule has 0 spiro atoms. The average Bonchev–Trinajstić information content (AvgIpc) is 3.55. The molecule has 5 aromatic rings. The Balaban J connectivity index is 1.14. The Morgan fingerprint density at radius 2 is 1.65 bits per heavy atom. The second kappa shape index (κ2) is 17.8. The SMILES string of the molecule is COC(=O)c1c(NC(=O)C(C)Sc2cccc(NC(=O)/C(=C\c3ccc([N+](=O)[O-])cc3)NC(=O)c3ccccc3)c2)sc2c1CCN(Cc1ccccc1)C2. The van der Waals surface area contributed by atoms with Crippen LogP contribution >= 0.6 is 23.1 Å². The van der Waals surface area contributed by atoms with Crippen LogP contribution in [0.1, 0.15) is 49.2 Å². The van der Waals surface area contributed by atoms with Gasteiger partial charge in [0.05, 0.1) is 22.8 Å². The van der Waals surface area contributed by atoms with Crippen molar-refractivity contribution in [2.75, 3.05) is 24.3 Å². The number of fused-ring (bicyclic) bond motifs is 1. The lowest BCUT2D eigenvalue weighted by Crippen LogP contribution is -2.30. The number of ether oxygens (including phenoxy) is 1. The van der Waals surface area contributed by atoms with Crippen molar-refractivity contribution in [1.29, 1.82) is 0 Å². The van der Waals surface area contributed by atoms with Gasteiger partial charge in [-0.3, -0.25) is 29.4 Å². The number of thiophene rings is 1. The number of carbonyl (C=O) groups excluding carboxylic acids is 4. The minimum absolute atomic E-state index is 0.0863. The van der Waals surface area contributed by atoms with Crippen LogP contribution in [0, 0.1) is 10.1 Å². The Morgan fingerprint density at radius 3 is 2.35 bits per heavy atom. The molecule has 14 heteroatoms. The van der Waals surface area contributed by atoms with Crippen LogP contribution in [-0.2, 0) is 33.8 Å². The molecule has 0 aliphatic carbocycles. The van der Waals surface area contributed by atoms with Crippen molar-refractivity contribution in [3.05, 3.63) is 158 Å². The van der Waals surface area contributed by atoms with E-state index in [9.17, 15) is 29.3 Å². The maximum atomic E-state index is 13.6. The summed E-state index contributed by atoms with van der Waals surface area (Å²) in [6.45, 7) is 3.95. The average molecular weight is 776 g/mol. The number of amides is 3. The molecule has 3 N–H and O–H groups in total. The largest absolute Gasteiger partial charge is 0.465 e. The number of benzene rings is 4. The van der Waals surface area contributed by atoms with E-state index in [4.69, 9.17) is 4.74 Å². The summed E-state index contributed by atoms with van der Waals surface area (Å²) in [7, 11) is 1.33. The van der Waals surface area contributed by atoms with Gasteiger partial charge in [0.25, 0.3) is 17.5 Å². The number of non-ortho nitro benzene ring substituents is 1. The van der Waals surface area contributed by atoms with Crippen molar-refractivity contribution in [2.45, 2.75) is 36.6 Å². The van der Waals surface area contributed by atoms with Crippen molar-refractivity contribution in [1.82, 2.24) is 10.2 Å². The summed E-state index contributed by atoms with van der Waals surface area (Å²) in [5.74, 6) is -1.94. The lowest BCUT2D eigenvalue weighted by atomic mass is 10.0. The number of anilines is 2. The van der Waals surface area contributed by atoms with Gasteiger partial charge in [-0.15, -0.1) is 23.1 Å². The van der Waals surface area contributed by atoms with E-state index in [1.165, 1.54) is 66.1 Å². The summed E-state index contributed by atoms with van der Waals surface area (Å²) in [5, 5.41) is 19.4. The summed E-state index contributed by atoms with van der Waals surface area (Å²) in [4.78, 5) is 67.8. The Bertz CT molecular complexity index is 2240. The number of esters is 1. The molecule has 6 rings (SSSR count). The third kappa shape index (κ3) is 9.92. The lowest BCUT2D eigenvalue weighted by Gasteiger charge is -2.27. The molecule has 0 radical (unpaired) electrons. The summed E-state index contributed by atoms with van der Waals surface area (Å²) < 4.78 is 5.12. The summed E-state index contributed by atoms with van der Waals surface area (Å²) in [5.41, 5.74) is 3.51. The molecule has 0 bridgehead atoms. The zero-order valence-corrected chi connectivity index (χ0v) is 31.6. The van der Waals surface area contributed by atoms with E-state index in [0.29, 0.717) is 45.2 Å². The van der Waals surface area contributed by atoms with Gasteiger partial charge in [-0.1, -0.05) is 54.6 Å². The second-order valence-electron chi connectivity index (χ2n) is 12.6. The summed E-state index contributed by atoms with van der Waals surface area (Å²) in [6.07, 6.45) is 2.08. The van der Waals surface area contributed by atoms with Gasteiger partial charge in [0.15, 0.2) is 0 Å². The minimum Gasteiger partial charge on any atom is -0.465 e. The van der Waals surface area contributed by atoms with Crippen molar-refractivity contribution < 1.29 is 28.8 Å². The monoisotopic (exact) mass is 775 g/mol. The maximum absolute atomic E-state index is 13.6. The third-order valence-corrected chi connectivity index (χ3v) is 11.0. The van der Waals surface area contributed by atoms with E-state index in [-0.39, 0.29) is 17.3 Å². The van der Waals surface area contributed by atoms with Gasteiger partial charge < -0.3 is 20.7 Å². The molecular weight excluding hydrogens is 739 g/mol. The Kier molecular flexibility index (Phi) is 12.5. The standard InChI is InChI=1S/C41H37N5O7S2/c1-26(37(47)44-40-36(41(50)53-2)33-20-21-45(25-35(33)55-40)24-28-10-5-3-6-11-28)54-32-15-9-14-30(23-32)42-39(49)34(43-38(48)29-12-7-4-8-13-29)22-27-16-18-31(19-17-27)46(51)52/h3-19,22-23,26H,20-21,24-25H2,1-2H3,(H,42,49)(H,43,48)(H,44,47)/b34-22+. The fraction of sp³-hybridized carbons (Fsp3) is 0.171.